The molecule has 0 aromatic heterocycles. The van der Waals surface area contributed by atoms with Crippen LogP contribution in [0.25, 0.3) is 0 Å². The number of anilines is 1. The Kier molecular flexibility index (Phi) is 2.91. The van der Waals surface area contributed by atoms with Crippen molar-refractivity contribution < 1.29 is 0 Å². The summed E-state index contributed by atoms with van der Waals surface area (Å²) in [6, 6.07) is 7.44. The van der Waals surface area contributed by atoms with E-state index in [1.54, 1.807) is 0 Å². The van der Waals surface area contributed by atoms with E-state index >= 15 is 0 Å². The molecule has 1 saturated carbocycles. The standard InChI is InChI=1S/C14H19BrN2/c1-9(16)11-3-5-14(13(15)7-11)17-8-10-2-4-12(17)6-10/h3,5,7,9-10,12H,2,4,6,8,16H2,1H3/t9-,10?,12?/m0/s1. The van der Waals surface area contributed by atoms with Crippen LogP contribution in [0, 0.1) is 5.92 Å². The lowest BCUT2D eigenvalue weighted by Gasteiger charge is -2.30. The predicted molar refractivity (Wildman–Crippen MR) is 75.2 cm³/mol. The average molecular weight is 295 g/mol. The van der Waals surface area contributed by atoms with Crippen LogP contribution in [-0.4, -0.2) is 12.6 Å². The van der Waals surface area contributed by atoms with Crippen LogP contribution in [0.1, 0.15) is 37.8 Å². The van der Waals surface area contributed by atoms with Crippen LogP contribution in [0.2, 0.25) is 0 Å². The highest BCUT2D eigenvalue weighted by molar-refractivity contribution is 9.10. The van der Waals surface area contributed by atoms with Crippen molar-refractivity contribution in [2.24, 2.45) is 11.7 Å². The molecule has 2 unspecified atom stereocenters. The quantitative estimate of drug-likeness (QED) is 0.905. The van der Waals surface area contributed by atoms with Crippen molar-refractivity contribution in [1.29, 1.82) is 0 Å². The maximum atomic E-state index is 5.91. The van der Waals surface area contributed by atoms with E-state index in [1.807, 2.05) is 6.92 Å². The molecule has 3 heteroatoms. The molecule has 2 aliphatic rings. The topological polar surface area (TPSA) is 29.3 Å². The summed E-state index contributed by atoms with van der Waals surface area (Å²) in [5.41, 5.74) is 8.46. The third kappa shape index (κ3) is 2.00. The molecule has 0 radical (unpaired) electrons. The molecule has 1 aliphatic carbocycles. The van der Waals surface area contributed by atoms with Crippen molar-refractivity contribution in [1.82, 2.24) is 0 Å². The summed E-state index contributed by atoms with van der Waals surface area (Å²) in [7, 11) is 0. The van der Waals surface area contributed by atoms with Crippen molar-refractivity contribution in [2.75, 3.05) is 11.4 Å². The van der Waals surface area contributed by atoms with Crippen LogP contribution < -0.4 is 10.6 Å². The maximum Gasteiger partial charge on any atom is 0.0513 e. The number of hydrogen-bond acceptors (Lipinski definition) is 2. The second-order valence-electron chi connectivity index (χ2n) is 5.48. The fraction of sp³-hybridized carbons (Fsp3) is 0.571. The third-order valence-electron chi connectivity index (χ3n) is 4.22. The monoisotopic (exact) mass is 294 g/mol. The van der Waals surface area contributed by atoms with Crippen molar-refractivity contribution in [3.05, 3.63) is 28.2 Å². The number of halogens is 1. The molecule has 92 valence electrons. The molecule has 0 spiro atoms. The molecular formula is C14H19BrN2. The van der Waals surface area contributed by atoms with Gasteiger partial charge in [0.05, 0.1) is 5.69 Å². The molecule has 2 bridgehead atoms. The molecule has 1 saturated heterocycles. The average Bonchev–Trinajstić information content (AvgIpc) is 2.90. The summed E-state index contributed by atoms with van der Waals surface area (Å²) in [5, 5.41) is 0. The van der Waals surface area contributed by atoms with Crippen LogP contribution in [0.3, 0.4) is 0 Å². The first-order valence-corrected chi connectivity index (χ1v) is 7.26. The van der Waals surface area contributed by atoms with Gasteiger partial charge in [-0.3, -0.25) is 0 Å². The summed E-state index contributed by atoms with van der Waals surface area (Å²) >= 11 is 3.70. The molecule has 1 aromatic carbocycles. The third-order valence-corrected chi connectivity index (χ3v) is 4.85. The van der Waals surface area contributed by atoms with Crippen LogP contribution in [0.15, 0.2) is 22.7 Å². The van der Waals surface area contributed by atoms with Gasteiger partial charge in [-0.25, -0.2) is 0 Å². The minimum atomic E-state index is 0.107. The molecule has 1 aliphatic heterocycles. The molecule has 1 heterocycles. The Balaban J connectivity index is 1.89. The Hall–Kier alpha value is -0.540. The second kappa shape index (κ2) is 4.29. The van der Waals surface area contributed by atoms with E-state index < -0.39 is 0 Å². The van der Waals surface area contributed by atoms with E-state index in [1.165, 1.54) is 41.5 Å². The van der Waals surface area contributed by atoms with Gasteiger partial charge >= 0.3 is 0 Å². The fourth-order valence-corrected chi connectivity index (χ4v) is 3.88. The number of hydrogen-bond donors (Lipinski definition) is 1. The van der Waals surface area contributed by atoms with Crippen LogP contribution >= 0.6 is 15.9 Å². The lowest BCUT2D eigenvalue weighted by atomic mass is 10.1. The van der Waals surface area contributed by atoms with Gasteiger partial charge in [0.2, 0.25) is 0 Å². The summed E-state index contributed by atoms with van der Waals surface area (Å²) in [6.07, 6.45) is 4.18. The van der Waals surface area contributed by atoms with Crippen LogP contribution in [-0.2, 0) is 0 Å². The zero-order valence-corrected chi connectivity index (χ0v) is 11.8. The van der Waals surface area contributed by atoms with Gasteiger partial charge in [-0.2, -0.15) is 0 Å². The summed E-state index contributed by atoms with van der Waals surface area (Å²) < 4.78 is 1.19. The van der Waals surface area contributed by atoms with Crippen molar-refractivity contribution in [3.63, 3.8) is 0 Å². The molecule has 2 nitrogen and oxygen atoms in total. The Morgan fingerprint density at radius 1 is 1.41 bits per heavy atom. The molecule has 17 heavy (non-hydrogen) atoms. The van der Waals surface area contributed by atoms with Gasteiger partial charge < -0.3 is 10.6 Å². The van der Waals surface area contributed by atoms with Crippen LogP contribution in [0.4, 0.5) is 5.69 Å². The number of fused-ring (bicyclic) bond motifs is 2. The largest absolute Gasteiger partial charge is 0.367 e. The highest BCUT2D eigenvalue weighted by atomic mass is 79.9. The van der Waals surface area contributed by atoms with Gasteiger partial charge in [0.1, 0.15) is 0 Å². The Bertz CT molecular complexity index is 430. The van der Waals surface area contributed by atoms with E-state index in [0.717, 1.165) is 12.0 Å². The Morgan fingerprint density at radius 3 is 2.76 bits per heavy atom. The van der Waals surface area contributed by atoms with Gasteiger partial charge in [-0.1, -0.05) is 6.07 Å². The molecule has 2 fully saturated rings. The Morgan fingerprint density at radius 2 is 2.24 bits per heavy atom. The molecular weight excluding hydrogens is 276 g/mol. The SMILES string of the molecule is C[C@H](N)c1ccc(N2CC3CCC2C3)c(Br)c1. The molecule has 2 N–H and O–H groups in total. The predicted octanol–water partition coefficient (Wildman–Crippen LogP) is 3.46. The fourth-order valence-electron chi connectivity index (χ4n) is 3.26. The number of rotatable bonds is 2. The van der Waals surface area contributed by atoms with Gasteiger partial charge in [-0.15, -0.1) is 0 Å². The number of nitrogens with zero attached hydrogens (tertiary/aromatic N) is 1. The van der Waals surface area contributed by atoms with Crippen molar-refractivity contribution in [3.8, 4) is 0 Å². The first-order chi connectivity index (χ1) is 8.15. The van der Waals surface area contributed by atoms with E-state index in [9.17, 15) is 0 Å². The summed E-state index contributed by atoms with van der Waals surface area (Å²) in [4.78, 5) is 2.57. The van der Waals surface area contributed by atoms with Gasteiger partial charge in [0.25, 0.3) is 0 Å². The highest BCUT2D eigenvalue weighted by Gasteiger charge is 2.38. The number of piperidine rings is 1. The van der Waals surface area contributed by atoms with E-state index in [0.29, 0.717) is 0 Å². The lowest BCUT2D eigenvalue weighted by molar-refractivity contribution is 0.553. The Labute approximate surface area is 111 Å². The van der Waals surface area contributed by atoms with Gasteiger partial charge in [-0.05, 0) is 65.7 Å². The molecule has 1 aromatic rings. The molecule has 3 atom stereocenters. The maximum absolute atomic E-state index is 5.91. The van der Waals surface area contributed by atoms with Crippen LogP contribution in [0.5, 0.6) is 0 Å². The lowest BCUT2D eigenvalue weighted by Crippen LogP contribution is -2.32. The minimum Gasteiger partial charge on any atom is -0.367 e. The number of benzene rings is 1. The number of nitrogens with two attached hydrogens (primary N) is 1. The van der Waals surface area contributed by atoms with Crippen molar-refractivity contribution in [2.45, 2.75) is 38.3 Å². The zero-order valence-electron chi connectivity index (χ0n) is 10.2. The summed E-state index contributed by atoms with van der Waals surface area (Å²) in [6.45, 7) is 3.26. The normalized spacial score (nSPS) is 28.8. The summed E-state index contributed by atoms with van der Waals surface area (Å²) in [5.74, 6) is 0.931. The van der Waals surface area contributed by atoms with Gasteiger partial charge in [0, 0.05) is 23.1 Å². The van der Waals surface area contributed by atoms with E-state index in [4.69, 9.17) is 5.73 Å². The highest BCUT2D eigenvalue weighted by Crippen LogP contribution is 2.42. The second-order valence-corrected chi connectivity index (χ2v) is 6.34. The van der Waals surface area contributed by atoms with E-state index in [-0.39, 0.29) is 6.04 Å². The molecule has 0 amide bonds. The van der Waals surface area contributed by atoms with E-state index in [2.05, 4.69) is 39.0 Å². The zero-order chi connectivity index (χ0) is 12.0. The van der Waals surface area contributed by atoms with Gasteiger partial charge in [0.15, 0.2) is 0 Å². The first kappa shape index (κ1) is 11.5. The molecule has 3 rings (SSSR count). The van der Waals surface area contributed by atoms with Crippen molar-refractivity contribution >= 4 is 21.6 Å². The minimum absolute atomic E-state index is 0.107. The smallest absolute Gasteiger partial charge is 0.0513 e. The first-order valence-electron chi connectivity index (χ1n) is 6.47.